The SMILES string of the molecule is COC(=O)c1noc(C)c2c(-c3cccc(Cl)c3)ccc1-2. The molecule has 21 heavy (non-hydrogen) atoms. The molecule has 1 aromatic rings. The van der Waals surface area contributed by atoms with Gasteiger partial charge < -0.3 is 9.26 Å². The van der Waals surface area contributed by atoms with E-state index in [1.165, 1.54) is 7.11 Å². The van der Waals surface area contributed by atoms with E-state index in [0.717, 1.165) is 16.7 Å². The summed E-state index contributed by atoms with van der Waals surface area (Å²) >= 11 is 6.05. The van der Waals surface area contributed by atoms with Gasteiger partial charge in [0.25, 0.3) is 0 Å². The number of carbonyl (C=O) groups is 1. The highest BCUT2D eigenvalue weighted by atomic mass is 35.5. The van der Waals surface area contributed by atoms with E-state index in [9.17, 15) is 4.79 Å². The van der Waals surface area contributed by atoms with Crippen molar-refractivity contribution in [1.29, 1.82) is 0 Å². The Hall–Kier alpha value is -2.33. The van der Waals surface area contributed by atoms with Crippen molar-refractivity contribution in [1.82, 2.24) is 5.16 Å². The first-order valence-electron chi connectivity index (χ1n) is 6.35. The van der Waals surface area contributed by atoms with Crippen LogP contribution in [0.15, 0.2) is 40.9 Å². The molecule has 1 aromatic carbocycles. The molecule has 0 spiro atoms. The first-order chi connectivity index (χ1) is 10.1. The average Bonchev–Trinajstić information content (AvgIpc) is 2.92. The van der Waals surface area contributed by atoms with Gasteiger partial charge in [-0.2, -0.15) is 0 Å². The predicted molar refractivity (Wildman–Crippen MR) is 79.6 cm³/mol. The van der Waals surface area contributed by atoms with E-state index in [0.29, 0.717) is 16.3 Å². The second-order valence-electron chi connectivity index (χ2n) is 4.62. The largest absolute Gasteiger partial charge is 0.464 e. The molecule has 2 aliphatic rings. The van der Waals surface area contributed by atoms with E-state index in [4.69, 9.17) is 20.9 Å². The molecule has 106 valence electrons. The number of methoxy groups -OCH3 is 1. The molecule has 0 amide bonds. The number of hydrogen-bond donors (Lipinski definition) is 0. The van der Waals surface area contributed by atoms with Gasteiger partial charge in [0, 0.05) is 16.1 Å². The van der Waals surface area contributed by atoms with Crippen molar-refractivity contribution in [3.8, 4) is 22.3 Å². The van der Waals surface area contributed by atoms with Crippen LogP contribution < -0.4 is 0 Å². The molecule has 0 N–H and O–H groups in total. The number of ether oxygens (including phenoxy) is 1. The number of benzene rings is 1. The summed E-state index contributed by atoms with van der Waals surface area (Å²) in [5.41, 5.74) is 3.62. The van der Waals surface area contributed by atoms with E-state index < -0.39 is 5.97 Å². The van der Waals surface area contributed by atoms with Crippen LogP contribution in [-0.4, -0.2) is 18.2 Å². The van der Waals surface area contributed by atoms with E-state index in [2.05, 4.69) is 5.16 Å². The van der Waals surface area contributed by atoms with E-state index in [1.807, 2.05) is 43.3 Å². The number of halogens is 1. The number of rotatable bonds is 2. The molecular weight excluding hydrogens is 290 g/mol. The summed E-state index contributed by atoms with van der Waals surface area (Å²) in [6.07, 6.45) is 0. The predicted octanol–water partition coefficient (Wildman–Crippen LogP) is 4.19. The second kappa shape index (κ2) is 5.22. The molecule has 1 heterocycles. The van der Waals surface area contributed by atoms with Gasteiger partial charge in [0.2, 0.25) is 0 Å². The topological polar surface area (TPSA) is 52.3 Å². The van der Waals surface area contributed by atoms with Gasteiger partial charge >= 0.3 is 5.97 Å². The molecule has 0 fully saturated rings. The van der Waals surface area contributed by atoms with Gasteiger partial charge in [0.1, 0.15) is 5.76 Å². The van der Waals surface area contributed by atoms with E-state index in [1.54, 1.807) is 0 Å². The number of carbonyl (C=O) groups excluding carboxylic acids is 1. The van der Waals surface area contributed by atoms with Gasteiger partial charge in [-0.3, -0.25) is 0 Å². The smallest absolute Gasteiger partial charge is 0.360 e. The fraction of sp³-hybridized carbons (Fsp3) is 0.125. The molecule has 0 radical (unpaired) electrons. The minimum absolute atomic E-state index is 0.173. The Kier molecular flexibility index (Phi) is 3.39. The van der Waals surface area contributed by atoms with Crippen LogP contribution in [0.5, 0.6) is 0 Å². The highest BCUT2D eigenvalue weighted by molar-refractivity contribution is 6.30. The zero-order valence-corrected chi connectivity index (χ0v) is 12.3. The highest BCUT2D eigenvalue weighted by Crippen LogP contribution is 2.39. The molecule has 4 nitrogen and oxygen atoms in total. The molecule has 5 heteroatoms. The van der Waals surface area contributed by atoms with Crippen LogP contribution in [0.1, 0.15) is 16.2 Å². The molecule has 3 rings (SSSR count). The Morgan fingerprint density at radius 2 is 2.00 bits per heavy atom. The van der Waals surface area contributed by atoms with Crippen molar-refractivity contribution >= 4 is 17.6 Å². The van der Waals surface area contributed by atoms with Crippen molar-refractivity contribution in [2.45, 2.75) is 6.92 Å². The molecule has 0 saturated carbocycles. The lowest BCUT2D eigenvalue weighted by atomic mass is 9.99. The molecule has 0 unspecified atom stereocenters. The summed E-state index contributed by atoms with van der Waals surface area (Å²) in [5.74, 6) is 0.115. The van der Waals surface area contributed by atoms with Gasteiger partial charge in [-0.1, -0.05) is 41.0 Å². The van der Waals surface area contributed by atoms with E-state index in [-0.39, 0.29) is 5.69 Å². The number of aryl methyl sites for hydroxylation is 1. The molecule has 0 saturated heterocycles. The molecule has 0 atom stereocenters. The summed E-state index contributed by atoms with van der Waals surface area (Å²) in [5, 5.41) is 4.48. The first-order valence-corrected chi connectivity index (χ1v) is 6.73. The van der Waals surface area contributed by atoms with Crippen molar-refractivity contribution < 1.29 is 14.1 Å². The first kappa shape index (κ1) is 13.6. The highest BCUT2D eigenvalue weighted by Gasteiger charge is 2.24. The van der Waals surface area contributed by atoms with Gasteiger partial charge in [-0.05, 0) is 30.2 Å². The number of fused-ring (bicyclic) bond motifs is 1. The van der Waals surface area contributed by atoms with Gasteiger partial charge in [0.05, 0.1) is 7.11 Å². The number of aromatic nitrogens is 1. The maximum absolute atomic E-state index is 11.8. The summed E-state index contributed by atoms with van der Waals surface area (Å²) in [6, 6.07) is 11.3. The Balaban J connectivity index is 2.22. The maximum atomic E-state index is 11.8. The third-order valence-electron chi connectivity index (χ3n) is 3.35. The van der Waals surface area contributed by atoms with Crippen LogP contribution in [0.4, 0.5) is 0 Å². The molecule has 1 aliphatic heterocycles. The summed E-state index contributed by atoms with van der Waals surface area (Å²) in [7, 11) is 1.32. The quantitative estimate of drug-likeness (QED) is 0.666. The van der Waals surface area contributed by atoms with Gasteiger partial charge in [-0.25, -0.2) is 4.79 Å². The number of nitrogens with zero attached hydrogens (tertiary/aromatic N) is 1. The molecule has 1 aliphatic carbocycles. The zero-order valence-electron chi connectivity index (χ0n) is 11.5. The molecule has 0 bridgehead atoms. The van der Waals surface area contributed by atoms with Crippen LogP contribution in [0.25, 0.3) is 22.3 Å². The lowest BCUT2D eigenvalue weighted by Crippen LogP contribution is -2.07. The van der Waals surface area contributed by atoms with Crippen molar-refractivity contribution in [2.75, 3.05) is 7.11 Å². The maximum Gasteiger partial charge on any atom is 0.360 e. The minimum Gasteiger partial charge on any atom is -0.464 e. The van der Waals surface area contributed by atoms with E-state index >= 15 is 0 Å². The Labute approximate surface area is 126 Å². The third-order valence-corrected chi connectivity index (χ3v) is 3.59. The van der Waals surface area contributed by atoms with Crippen LogP contribution >= 0.6 is 11.6 Å². The Bertz CT molecular complexity index is 794. The van der Waals surface area contributed by atoms with Crippen LogP contribution in [-0.2, 0) is 4.74 Å². The zero-order chi connectivity index (χ0) is 15.0. The Morgan fingerprint density at radius 3 is 2.71 bits per heavy atom. The van der Waals surface area contributed by atoms with Gasteiger partial charge in [-0.15, -0.1) is 0 Å². The average molecular weight is 302 g/mol. The van der Waals surface area contributed by atoms with Crippen molar-refractivity contribution in [3.05, 3.63) is 52.9 Å². The Morgan fingerprint density at radius 1 is 1.24 bits per heavy atom. The molecular formula is C16H12ClNO3. The van der Waals surface area contributed by atoms with Crippen molar-refractivity contribution in [2.24, 2.45) is 0 Å². The minimum atomic E-state index is -0.521. The van der Waals surface area contributed by atoms with Crippen LogP contribution in [0.2, 0.25) is 5.02 Å². The second-order valence-corrected chi connectivity index (χ2v) is 5.06. The fourth-order valence-corrected chi connectivity index (χ4v) is 2.59. The van der Waals surface area contributed by atoms with Gasteiger partial charge in [0.15, 0.2) is 5.69 Å². The standard InChI is InChI=1S/C16H12ClNO3/c1-9-14-12(10-4-3-5-11(17)8-10)6-7-13(14)15(18-21-9)16(19)20-2/h3-8H,1-2H3. The summed E-state index contributed by atoms with van der Waals surface area (Å²) in [4.78, 5) is 11.8. The third kappa shape index (κ3) is 2.28. The van der Waals surface area contributed by atoms with Crippen LogP contribution in [0, 0.1) is 6.92 Å². The lowest BCUT2D eigenvalue weighted by molar-refractivity contribution is 0.0585. The monoisotopic (exact) mass is 301 g/mol. The fourth-order valence-electron chi connectivity index (χ4n) is 2.40. The normalized spacial score (nSPS) is 10.8. The van der Waals surface area contributed by atoms with Crippen molar-refractivity contribution in [3.63, 3.8) is 0 Å². The van der Waals surface area contributed by atoms with Crippen LogP contribution in [0.3, 0.4) is 0 Å². The summed E-state index contributed by atoms with van der Waals surface area (Å²) in [6.45, 7) is 1.81. The number of hydrogen-bond acceptors (Lipinski definition) is 4. The number of esters is 1. The molecule has 0 aromatic heterocycles. The summed E-state index contributed by atoms with van der Waals surface area (Å²) < 4.78 is 10.00. The lowest BCUT2D eigenvalue weighted by Gasteiger charge is -2.09.